The molecule has 0 aliphatic carbocycles. The first-order valence-electron chi connectivity index (χ1n) is 5.35. The Morgan fingerprint density at radius 2 is 2.25 bits per heavy atom. The lowest BCUT2D eigenvalue weighted by Crippen LogP contribution is -2.07. The van der Waals surface area contributed by atoms with Gasteiger partial charge in [-0.05, 0) is 13.8 Å². The molecule has 92 valence electrons. The van der Waals surface area contributed by atoms with Gasteiger partial charge in [-0.15, -0.1) is 10.2 Å². The number of methoxy groups -OCH3 is 1. The molecule has 0 spiro atoms. The molecule has 6 heteroatoms. The van der Waals surface area contributed by atoms with Gasteiger partial charge in [0.15, 0.2) is 5.16 Å². The lowest BCUT2D eigenvalue weighted by atomic mass is 10.5. The Kier molecular flexibility index (Phi) is 6.44. The van der Waals surface area contributed by atoms with Crippen LogP contribution in [0.25, 0.3) is 0 Å². The average Bonchev–Trinajstić information content (AvgIpc) is 2.69. The highest BCUT2D eigenvalue weighted by molar-refractivity contribution is 7.99. The van der Waals surface area contributed by atoms with E-state index in [1.807, 2.05) is 18.4 Å². The summed E-state index contributed by atoms with van der Waals surface area (Å²) in [4.78, 5) is 0. The van der Waals surface area contributed by atoms with Crippen LogP contribution in [0.2, 0.25) is 0 Å². The number of aromatic nitrogens is 3. The molecular weight excluding hydrogens is 226 g/mol. The molecule has 0 aromatic carbocycles. The number of rotatable bonds is 8. The van der Waals surface area contributed by atoms with E-state index in [0.29, 0.717) is 6.61 Å². The van der Waals surface area contributed by atoms with Crippen LogP contribution < -0.4 is 0 Å². The van der Waals surface area contributed by atoms with Gasteiger partial charge in [-0.25, -0.2) is 0 Å². The van der Waals surface area contributed by atoms with Crippen LogP contribution in [-0.4, -0.2) is 46.9 Å². The standard InChI is InChI=1S/C10H19N3O2S/c1-9(2)15-6-7-16-10-12-11-8-13(10)4-5-14-3/h8-9H,4-7H2,1-3H3. The summed E-state index contributed by atoms with van der Waals surface area (Å²) < 4.78 is 12.5. The second-order valence-corrected chi connectivity index (χ2v) is 4.63. The highest BCUT2D eigenvalue weighted by atomic mass is 32.2. The minimum atomic E-state index is 0.284. The van der Waals surface area contributed by atoms with E-state index in [4.69, 9.17) is 9.47 Å². The van der Waals surface area contributed by atoms with Crippen molar-refractivity contribution in [2.75, 3.05) is 26.1 Å². The van der Waals surface area contributed by atoms with E-state index in [9.17, 15) is 0 Å². The second-order valence-electron chi connectivity index (χ2n) is 3.57. The third-order valence-corrected chi connectivity index (χ3v) is 2.83. The van der Waals surface area contributed by atoms with Crippen molar-refractivity contribution in [3.8, 4) is 0 Å². The summed E-state index contributed by atoms with van der Waals surface area (Å²) in [5.41, 5.74) is 0. The van der Waals surface area contributed by atoms with Gasteiger partial charge in [0.2, 0.25) is 0 Å². The molecule has 0 radical (unpaired) electrons. The van der Waals surface area contributed by atoms with Crippen molar-refractivity contribution in [3.63, 3.8) is 0 Å². The molecule has 0 saturated heterocycles. The maximum atomic E-state index is 5.46. The van der Waals surface area contributed by atoms with Gasteiger partial charge in [0, 0.05) is 19.4 Å². The minimum Gasteiger partial charge on any atom is -0.383 e. The molecule has 0 aliphatic rings. The van der Waals surface area contributed by atoms with E-state index in [1.54, 1.807) is 25.2 Å². The van der Waals surface area contributed by atoms with Gasteiger partial charge < -0.3 is 14.0 Å². The fourth-order valence-corrected chi connectivity index (χ4v) is 1.89. The maximum absolute atomic E-state index is 5.46. The van der Waals surface area contributed by atoms with E-state index >= 15 is 0 Å². The summed E-state index contributed by atoms with van der Waals surface area (Å²) in [7, 11) is 1.69. The Morgan fingerprint density at radius 3 is 2.94 bits per heavy atom. The fraction of sp³-hybridized carbons (Fsp3) is 0.800. The summed E-state index contributed by atoms with van der Waals surface area (Å²) in [6, 6.07) is 0. The molecule has 1 rings (SSSR count). The summed E-state index contributed by atoms with van der Waals surface area (Å²) in [6.07, 6.45) is 2.01. The van der Waals surface area contributed by atoms with Crippen molar-refractivity contribution in [3.05, 3.63) is 6.33 Å². The maximum Gasteiger partial charge on any atom is 0.191 e. The number of hydrogen-bond donors (Lipinski definition) is 0. The second kappa shape index (κ2) is 7.65. The molecule has 1 heterocycles. The highest BCUT2D eigenvalue weighted by Crippen LogP contribution is 2.14. The molecule has 1 aromatic rings. The Bertz CT molecular complexity index is 291. The fourth-order valence-electron chi connectivity index (χ4n) is 1.12. The molecule has 1 aromatic heterocycles. The normalized spacial score (nSPS) is 11.2. The van der Waals surface area contributed by atoms with Gasteiger partial charge in [-0.2, -0.15) is 0 Å². The van der Waals surface area contributed by atoms with Gasteiger partial charge in [-0.3, -0.25) is 0 Å². The Balaban J connectivity index is 2.27. The third-order valence-electron chi connectivity index (χ3n) is 1.88. The summed E-state index contributed by atoms with van der Waals surface area (Å²) in [6.45, 7) is 6.27. The smallest absolute Gasteiger partial charge is 0.191 e. The van der Waals surface area contributed by atoms with Gasteiger partial charge in [0.05, 0.1) is 19.3 Å². The summed E-state index contributed by atoms with van der Waals surface area (Å²) >= 11 is 1.65. The predicted molar refractivity (Wildman–Crippen MR) is 63.7 cm³/mol. The van der Waals surface area contributed by atoms with Crippen LogP contribution in [0.4, 0.5) is 0 Å². The first kappa shape index (κ1) is 13.5. The van der Waals surface area contributed by atoms with Crippen molar-refractivity contribution in [1.29, 1.82) is 0 Å². The Hall–Kier alpha value is -0.590. The van der Waals surface area contributed by atoms with E-state index in [-0.39, 0.29) is 6.10 Å². The van der Waals surface area contributed by atoms with Crippen LogP contribution in [0.3, 0.4) is 0 Å². The SMILES string of the molecule is COCCn1cnnc1SCCOC(C)C. The van der Waals surface area contributed by atoms with Crippen LogP contribution in [0.1, 0.15) is 13.8 Å². The van der Waals surface area contributed by atoms with Crippen molar-refractivity contribution in [1.82, 2.24) is 14.8 Å². The quantitative estimate of drug-likeness (QED) is 0.512. The van der Waals surface area contributed by atoms with Crippen LogP contribution in [0.15, 0.2) is 11.5 Å². The van der Waals surface area contributed by atoms with E-state index in [0.717, 1.165) is 24.1 Å². The highest BCUT2D eigenvalue weighted by Gasteiger charge is 2.04. The van der Waals surface area contributed by atoms with Crippen LogP contribution in [-0.2, 0) is 16.0 Å². The number of nitrogens with zero attached hydrogens (tertiary/aromatic N) is 3. The third kappa shape index (κ3) is 4.96. The summed E-state index contributed by atoms with van der Waals surface area (Å²) in [5, 5.41) is 8.86. The molecule has 0 unspecified atom stereocenters. The van der Waals surface area contributed by atoms with E-state index in [1.165, 1.54) is 0 Å². The van der Waals surface area contributed by atoms with E-state index < -0.39 is 0 Å². The van der Waals surface area contributed by atoms with Gasteiger partial charge in [0.25, 0.3) is 0 Å². The van der Waals surface area contributed by atoms with Gasteiger partial charge in [0.1, 0.15) is 6.33 Å². The topological polar surface area (TPSA) is 49.2 Å². The Labute approximate surface area is 101 Å². The van der Waals surface area contributed by atoms with Crippen LogP contribution >= 0.6 is 11.8 Å². The first-order chi connectivity index (χ1) is 7.74. The number of ether oxygens (including phenoxy) is 2. The lowest BCUT2D eigenvalue weighted by molar-refractivity contribution is 0.0920. The molecule has 0 amide bonds. The van der Waals surface area contributed by atoms with Crippen LogP contribution in [0, 0.1) is 0 Å². The first-order valence-corrected chi connectivity index (χ1v) is 6.33. The molecule has 0 fully saturated rings. The molecule has 5 nitrogen and oxygen atoms in total. The van der Waals surface area contributed by atoms with Crippen molar-refractivity contribution in [2.45, 2.75) is 31.7 Å². The molecule has 0 atom stereocenters. The van der Waals surface area contributed by atoms with Gasteiger partial charge >= 0.3 is 0 Å². The monoisotopic (exact) mass is 245 g/mol. The zero-order valence-electron chi connectivity index (χ0n) is 10.0. The van der Waals surface area contributed by atoms with E-state index in [2.05, 4.69) is 10.2 Å². The van der Waals surface area contributed by atoms with Gasteiger partial charge in [-0.1, -0.05) is 11.8 Å². The number of hydrogen-bond acceptors (Lipinski definition) is 5. The molecule has 16 heavy (non-hydrogen) atoms. The lowest BCUT2D eigenvalue weighted by Gasteiger charge is -2.07. The molecular formula is C10H19N3O2S. The minimum absolute atomic E-state index is 0.284. The predicted octanol–water partition coefficient (Wildman–Crippen LogP) is 1.44. The summed E-state index contributed by atoms with van der Waals surface area (Å²) in [5.74, 6) is 0.893. The largest absolute Gasteiger partial charge is 0.383 e. The molecule has 0 saturated carbocycles. The zero-order chi connectivity index (χ0) is 11.8. The van der Waals surface area contributed by atoms with Crippen molar-refractivity contribution in [2.24, 2.45) is 0 Å². The van der Waals surface area contributed by atoms with Crippen molar-refractivity contribution < 1.29 is 9.47 Å². The zero-order valence-corrected chi connectivity index (χ0v) is 10.9. The molecule has 0 N–H and O–H groups in total. The van der Waals surface area contributed by atoms with Crippen molar-refractivity contribution >= 4 is 11.8 Å². The van der Waals surface area contributed by atoms with Crippen LogP contribution in [0.5, 0.6) is 0 Å². The Morgan fingerprint density at radius 1 is 1.44 bits per heavy atom. The molecule has 0 aliphatic heterocycles. The average molecular weight is 245 g/mol. The number of thioether (sulfide) groups is 1. The molecule has 0 bridgehead atoms.